The lowest BCUT2D eigenvalue weighted by Crippen LogP contribution is -2.22. The summed E-state index contributed by atoms with van der Waals surface area (Å²) in [5, 5.41) is 0. The highest BCUT2D eigenvalue weighted by atomic mass is 32.2. The minimum Gasteiger partial charge on any atom is -0.205 e. The van der Waals surface area contributed by atoms with Crippen molar-refractivity contribution in [2.45, 2.75) is 19.8 Å². The molecule has 1 fully saturated rings. The Morgan fingerprint density at radius 1 is 1.45 bits per heavy atom. The van der Waals surface area contributed by atoms with Gasteiger partial charge in [-0.3, -0.25) is 0 Å². The molecule has 0 spiro atoms. The van der Waals surface area contributed by atoms with Crippen molar-refractivity contribution in [3.63, 3.8) is 0 Å². The summed E-state index contributed by atoms with van der Waals surface area (Å²) in [6, 6.07) is 0. The largest absolute Gasteiger partial charge is 0.249 e. The zero-order valence-corrected chi connectivity index (χ0v) is 7.63. The van der Waals surface area contributed by atoms with E-state index in [2.05, 4.69) is 11.3 Å². The molecule has 64 valence electrons. The third-order valence-corrected chi connectivity index (χ3v) is 2.38. The van der Waals surface area contributed by atoms with Crippen molar-refractivity contribution in [3.05, 3.63) is 0 Å². The van der Waals surface area contributed by atoms with E-state index in [0.717, 1.165) is 25.0 Å². The normalized spacial score (nSPS) is 32.2. The van der Waals surface area contributed by atoms with E-state index in [1.165, 1.54) is 0 Å². The second kappa shape index (κ2) is 2.93. The molecule has 0 aromatic rings. The Hall–Kier alpha value is -0.380. The summed E-state index contributed by atoms with van der Waals surface area (Å²) in [6.45, 7) is 2.16. The van der Waals surface area contributed by atoms with Gasteiger partial charge in [0.05, 0.1) is 6.26 Å². The van der Waals surface area contributed by atoms with Crippen molar-refractivity contribution >= 4 is 16.2 Å². The lowest BCUT2D eigenvalue weighted by molar-refractivity contribution is 0.286. The van der Waals surface area contributed by atoms with Crippen LogP contribution in [0.3, 0.4) is 0 Å². The molecule has 4 heteroatoms. The predicted molar refractivity (Wildman–Crippen MR) is 45.2 cm³/mol. The molecule has 1 saturated carbocycles. The maximum Gasteiger partial charge on any atom is 0.249 e. The molecule has 0 aromatic carbocycles. The van der Waals surface area contributed by atoms with Gasteiger partial charge in [-0.15, -0.1) is 0 Å². The van der Waals surface area contributed by atoms with Gasteiger partial charge >= 0.3 is 0 Å². The maximum atomic E-state index is 10.6. The highest BCUT2D eigenvalue weighted by molar-refractivity contribution is 7.89. The van der Waals surface area contributed by atoms with Crippen molar-refractivity contribution in [3.8, 4) is 0 Å². The molecule has 0 heterocycles. The molecule has 0 bridgehead atoms. The zero-order chi connectivity index (χ0) is 8.48. The quantitative estimate of drug-likeness (QED) is 0.589. The van der Waals surface area contributed by atoms with Crippen LogP contribution in [0.25, 0.3) is 0 Å². The first kappa shape index (κ1) is 8.71. The molecule has 0 saturated heterocycles. The van der Waals surface area contributed by atoms with Gasteiger partial charge in [-0.1, -0.05) is 6.92 Å². The molecular weight excluding hydrogens is 162 g/mol. The van der Waals surface area contributed by atoms with E-state index in [4.69, 9.17) is 0 Å². The smallest absolute Gasteiger partial charge is 0.205 e. The van der Waals surface area contributed by atoms with Gasteiger partial charge in [0.1, 0.15) is 0 Å². The minimum absolute atomic E-state index is 0.403. The summed E-state index contributed by atoms with van der Waals surface area (Å²) >= 11 is 0. The Morgan fingerprint density at radius 3 is 2.36 bits per heavy atom. The molecule has 1 rings (SSSR count). The SMILES string of the molecule is CC1CC(C=NS(C)(=O)=O)C1. The molecule has 0 radical (unpaired) electrons. The summed E-state index contributed by atoms with van der Waals surface area (Å²) in [6.07, 6.45) is 4.85. The molecule has 3 nitrogen and oxygen atoms in total. The second-order valence-corrected chi connectivity index (χ2v) is 5.00. The average Bonchev–Trinajstić information content (AvgIpc) is 1.75. The number of rotatable bonds is 2. The molecule has 1 aliphatic carbocycles. The van der Waals surface area contributed by atoms with Crippen LogP contribution in [0.2, 0.25) is 0 Å². The van der Waals surface area contributed by atoms with E-state index in [1.807, 2.05) is 0 Å². The monoisotopic (exact) mass is 175 g/mol. The molecule has 11 heavy (non-hydrogen) atoms. The van der Waals surface area contributed by atoms with Crippen LogP contribution in [0.1, 0.15) is 19.8 Å². The van der Waals surface area contributed by atoms with E-state index < -0.39 is 10.0 Å². The fourth-order valence-corrected chi connectivity index (χ4v) is 1.68. The van der Waals surface area contributed by atoms with Gasteiger partial charge in [-0.2, -0.15) is 4.40 Å². The Bertz CT molecular complexity index is 250. The lowest BCUT2D eigenvalue weighted by Gasteiger charge is -2.28. The Kier molecular flexibility index (Phi) is 2.32. The van der Waals surface area contributed by atoms with Gasteiger partial charge in [-0.05, 0) is 24.7 Å². The Balaban J connectivity index is 2.38. The van der Waals surface area contributed by atoms with Crippen molar-refractivity contribution in [2.75, 3.05) is 6.26 Å². The topological polar surface area (TPSA) is 46.5 Å². The van der Waals surface area contributed by atoms with Gasteiger partial charge in [-0.25, -0.2) is 8.42 Å². The molecular formula is C7H13NO2S. The Morgan fingerprint density at radius 2 is 2.00 bits per heavy atom. The fourth-order valence-electron chi connectivity index (χ4n) is 1.28. The molecule has 0 N–H and O–H groups in total. The number of hydrogen-bond acceptors (Lipinski definition) is 2. The van der Waals surface area contributed by atoms with E-state index in [1.54, 1.807) is 6.21 Å². The molecule has 0 aromatic heterocycles. The van der Waals surface area contributed by atoms with Crippen LogP contribution < -0.4 is 0 Å². The molecule has 0 aliphatic heterocycles. The van der Waals surface area contributed by atoms with Gasteiger partial charge < -0.3 is 0 Å². The highest BCUT2D eigenvalue weighted by Gasteiger charge is 2.23. The number of hydrogen-bond donors (Lipinski definition) is 0. The molecule has 0 unspecified atom stereocenters. The molecule has 0 amide bonds. The van der Waals surface area contributed by atoms with E-state index in [0.29, 0.717) is 5.92 Å². The first-order valence-electron chi connectivity index (χ1n) is 3.73. The van der Waals surface area contributed by atoms with Gasteiger partial charge in [0.25, 0.3) is 0 Å². The standard InChI is InChI=1S/C7H13NO2S/c1-6-3-7(4-6)5-8-11(2,9)10/h5-7H,3-4H2,1-2H3. The van der Waals surface area contributed by atoms with Gasteiger partial charge in [0, 0.05) is 6.21 Å². The third kappa shape index (κ3) is 3.01. The van der Waals surface area contributed by atoms with E-state index in [9.17, 15) is 8.42 Å². The van der Waals surface area contributed by atoms with Crippen LogP contribution in [0, 0.1) is 11.8 Å². The van der Waals surface area contributed by atoms with Gasteiger partial charge in [0.15, 0.2) is 0 Å². The number of sulfonamides is 1. The summed E-state index contributed by atoms with van der Waals surface area (Å²) in [5.74, 6) is 1.14. The van der Waals surface area contributed by atoms with Crippen LogP contribution in [0.5, 0.6) is 0 Å². The zero-order valence-electron chi connectivity index (χ0n) is 6.82. The van der Waals surface area contributed by atoms with Gasteiger partial charge in [0.2, 0.25) is 10.0 Å². The summed E-state index contributed by atoms with van der Waals surface area (Å²) in [5.41, 5.74) is 0. The van der Waals surface area contributed by atoms with E-state index in [-0.39, 0.29) is 0 Å². The van der Waals surface area contributed by atoms with Crippen molar-refractivity contribution in [2.24, 2.45) is 16.2 Å². The summed E-state index contributed by atoms with van der Waals surface area (Å²) in [7, 11) is -3.14. The lowest BCUT2D eigenvalue weighted by atomic mass is 9.77. The maximum absolute atomic E-state index is 10.6. The van der Waals surface area contributed by atoms with Crippen LogP contribution in [-0.4, -0.2) is 20.9 Å². The average molecular weight is 175 g/mol. The summed E-state index contributed by atoms with van der Waals surface area (Å²) in [4.78, 5) is 0. The number of nitrogens with zero attached hydrogens (tertiary/aromatic N) is 1. The van der Waals surface area contributed by atoms with Crippen molar-refractivity contribution in [1.29, 1.82) is 0 Å². The van der Waals surface area contributed by atoms with E-state index >= 15 is 0 Å². The Labute approximate surface area is 67.6 Å². The summed E-state index contributed by atoms with van der Waals surface area (Å²) < 4.78 is 24.6. The second-order valence-electron chi connectivity index (χ2n) is 3.32. The van der Waals surface area contributed by atoms with Crippen LogP contribution in [-0.2, 0) is 10.0 Å². The molecule has 1 aliphatic rings. The van der Waals surface area contributed by atoms with Crippen LogP contribution >= 0.6 is 0 Å². The van der Waals surface area contributed by atoms with Crippen molar-refractivity contribution in [1.82, 2.24) is 0 Å². The van der Waals surface area contributed by atoms with Crippen molar-refractivity contribution < 1.29 is 8.42 Å². The highest BCUT2D eigenvalue weighted by Crippen LogP contribution is 2.31. The first-order valence-corrected chi connectivity index (χ1v) is 5.57. The van der Waals surface area contributed by atoms with Crippen LogP contribution in [0.4, 0.5) is 0 Å². The third-order valence-electron chi connectivity index (χ3n) is 1.87. The minimum atomic E-state index is -3.14. The first-order chi connectivity index (χ1) is 4.97. The van der Waals surface area contributed by atoms with Crippen LogP contribution in [0.15, 0.2) is 4.40 Å². The molecule has 0 atom stereocenters. The fraction of sp³-hybridized carbons (Fsp3) is 0.857. The predicted octanol–water partition coefficient (Wildman–Crippen LogP) is 1.06.